The van der Waals surface area contributed by atoms with Gasteiger partial charge in [0.25, 0.3) is 0 Å². The molecule has 5 rings (SSSR count). The minimum atomic E-state index is -0.662. The summed E-state index contributed by atoms with van der Waals surface area (Å²) in [6.45, 7) is 12.4. The van der Waals surface area contributed by atoms with E-state index in [0.717, 1.165) is 22.3 Å². The highest BCUT2D eigenvalue weighted by molar-refractivity contribution is 6.43. The largest absolute Gasteiger partial charge is 0.454 e. The van der Waals surface area contributed by atoms with Crippen molar-refractivity contribution in [2.45, 2.75) is 50.3 Å². The third-order valence-corrected chi connectivity index (χ3v) is 7.78. The fourth-order valence-corrected chi connectivity index (χ4v) is 5.79. The van der Waals surface area contributed by atoms with Crippen LogP contribution in [0.4, 0.5) is 0 Å². The maximum absolute atomic E-state index is 6.39. The minimum absolute atomic E-state index is 0.119. The van der Waals surface area contributed by atoms with Crippen LogP contribution in [-0.4, -0.2) is 28.1 Å². The van der Waals surface area contributed by atoms with Crippen LogP contribution in [0.5, 0.6) is 0 Å². The first-order valence-corrected chi connectivity index (χ1v) is 12.5. The zero-order valence-corrected chi connectivity index (χ0v) is 21.5. The van der Waals surface area contributed by atoms with Crippen LogP contribution in [0.1, 0.15) is 48.9 Å². The van der Waals surface area contributed by atoms with Crippen LogP contribution < -0.4 is 0 Å². The Morgan fingerprint density at radius 3 is 1.69 bits per heavy atom. The van der Waals surface area contributed by atoms with E-state index in [2.05, 4.69) is 111 Å². The number of aromatic nitrogens is 2. The lowest BCUT2D eigenvalue weighted by atomic mass is 9.74. The summed E-state index contributed by atoms with van der Waals surface area (Å²) in [5.41, 5.74) is 2.67. The van der Waals surface area contributed by atoms with Crippen molar-refractivity contribution in [1.29, 1.82) is 0 Å². The maximum Gasteiger partial charge on any atom is 0.454 e. The molecule has 5 heteroatoms. The van der Waals surface area contributed by atoms with Gasteiger partial charge in [0.2, 0.25) is 0 Å². The molecular weight excluding hydrogens is 443 g/mol. The summed E-state index contributed by atoms with van der Waals surface area (Å²) in [6, 6.07) is 31.7. The molecule has 1 aliphatic heterocycles. The van der Waals surface area contributed by atoms with E-state index in [-0.39, 0.29) is 13.0 Å². The molecule has 4 nitrogen and oxygen atoms in total. The Morgan fingerprint density at radius 2 is 1.31 bits per heavy atom. The van der Waals surface area contributed by atoms with Crippen LogP contribution in [0.25, 0.3) is 0 Å². The molecule has 1 aliphatic rings. The normalized spacial score (nSPS) is 20.3. The Balaban J connectivity index is 1.74. The first kappa shape index (κ1) is 24.3. The molecule has 4 aromatic rings. The summed E-state index contributed by atoms with van der Waals surface area (Å²) in [4.78, 5) is 0. The quantitative estimate of drug-likeness (QED) is 0.169. The van der Waals surface area contributed by atoms with Gasteiger partial charge in [-0.2, -0.15) is 5.10 Å². The third kappa shape index (κ3) is 3.74. The van der Waals surface area contributed by atoms with Gasteiger partial charge in [-0.1, -0.05) is 97.1 Å². The van der Waals surface area contributed by atoms with Crippen LogP contribution in [0.2, 0.25) is 6.82 Å². The monoisotopic (exact) mass is 476 g/mol. The standard InChI is InChI=1S/C31H33BN2O2/c1-6-28(30(4)29(2,3)35-32(5)36-30)24-22-33-34(23-24)31(25-16-10-7-11-17-25,26-18-12-8-13-19-26)27-20-14-9-15-21-27/h6-23,28H,1H2,2-5H3. The third-order valence-electron chi connectivity index (χ3n) is 7.78. The minimum Gasteiger partial charge on any atom is -0.403 e. The lowest BCUT2D eigenvalue weighted by Crippen LogP contribution is -2.49. The molecule has 0 saturated carbocycles. The van der Waals surface area contributed by atoms with Crippen molar-refractivity contribution in [3.8, 4) is 0 Å². The molecule has 0 radical (unpaired) electrons. The van der Waals surface area contributed by atoms with Crippen molar-refractivity contribution in [3.63, 3.8) is 0 Å². The number of benzene rings is 3. The van der Waals surface area contributed by atoms with Crippen LogP contribution in [-0.2, 0) is 14.8 Å². The average molecular weight is 476 g/mol. The van der Waals surface area contributed by atoms with E-state index in [1.165, 1.54) is 0 Å². The van der Waals surface area contributed by atoms with E-state index < -0.39 is 16.7 Å². The Hall–Kier alpha value is -3.41. The van der Waals surface area contributed by atoms with Gasteiger partial charge >= 0.3 is 7.12 Å². The van der Waals surface area contributed by atoms with Gasteiger partial charge in [0, 0.05) is 12.1 Å². The highest BCUT2D eigenvalue weighted by Crippen LogP contribution is 2.48. The van der Waals surface area contributed by atoms with E-state index in [1.54, 1.807) is 0 Å². The zero-order valence-electron chi connectivity index (χ0n) is 21.5. The summed E-state index contributed by atoms with van der Waals surface area (Å²) < 4.78 is 14.6. The molecule has 36 heavy (non-hydrogen) atoms. The second kappa shape index (κ2) is 9.23. The summed E-state index contributed by atoms with van der Waals surface area (Å²) in [5.74, 6) is -0.119. The molecule has 0 spiro atoms. The van der Waals surface area contributed by atoms with Gasteiger partial charge in [-0.3, -0.25) is 4.68 Å². The number of rotatable bonds is 7. The van der Waals surface area contributed by atoms with Crippen molar-refractivity contribution in [1.82, 2.24) is 9.78 Å². The summed E-state index contributed by atoms with van der Waals surface area (Å²) in [7, 11) is -0.292. The van der Waals surface area contributed by atoms with E-state index in [0.29, 0.717) is 0 Å². The second-order valence-corrected chi connectivity index (χ2v) is 10.2. The summed E-state index contributed by atoms with van der Waals surface area (Å²) in [5, 5.41) is 5.03. The molecule has 0 N–H and O–H groups in total. The topological polar surface area (TPSA) is 36.3 Å². The number of hydrogen-bond donors (Lipinski definition) is 0. The lowest BCUT2D eigenvalue weighted by Gasteiger charge is -2.41. The number of nitrogens with zero attached hydrogens (tertiary/aromatic N) is 2. The second-order valence-electron chi connectivity index (χ2n) is 10.2. The zero-order chi connectivity index (χ0) is 25.4. The van der Waals surface area contributed by atoms with Gasteiger partial charge < -0.3 is 9.31 Å². The Kier molecular flexibility index (Phi) is 6.23. The van der Waals surface area contributed by atoms with Gasteiger partial charge in [0.15, 0.2) is 0 Å². The van der Waals surface area contributed by atoms with Gasteiger partial charge in [0.1, 0.15) is 5.54 Å². The highest BCUT2D eigenvalue weighted by Gasteiger charge is 2.56. The van der Waals surface area contributed by atoms with Crippen LogP contribution in [0, 0.1) is 0 Å². The van der Waals surface area contributed by atoms with E-state index in [1.807, 2.05) is 37.3 Å². The molecule has 0 bridgehead atoms. The Morgan fingerprint density at radius 1 is 0.833 bits per heavy atom. The molecule has 2 unspecified atom stereocenters. The molecule has 1 saturated heterocycles. The van der Waals surface area contributed by atoms with Crippen molar-refractivity contribution in [2.24, 2.45) is 0 Å². The molecular formula is C31H33BN2O2. The van der Waals surface area contributed by atoms with Gasteiger partial charge in [0.05, 0.1) is 17.4 Å². The van der Waals surface area contributed by atoms with Gasteiger partial charge in [-0.25, -0.2) is 0 Å². The van der Waals surface area contributed by atoms with Crippen molar-refractivity contribution < 1.29 is 9.31 Å². The Labute approximate surface area is 214 Å². The molecule has 1 fully saturated rings. The van der Waals surface area contributed by atoms with Crippen molar-refractivity contribution in [2.75, 3.05) is 0 Å². The van der Waals surface area contributed by atoms with Crippen LogP contribution in [0.15, 0.2) is 116 Å². The fraction of sp³-hybridized carbons (Fsp3) is 0.258. The van der Waals surface area contributed by atoms with Gasteiger partial charge in [-0.05, 0) is 49.8 Å². The molecule has 3 aromatic carbocycles. The van der Waals surface area contributed by atoms with Crippen LogP contribution in [0.3, 0.4) is 0 Å². The molecule has 2 atom stereocenters. The smallest absolute Gasteiger partial charge is 0.403 e. The molecule has 0 aliphatic carbocycles. The van der Waals surface area contributed by atoms with E-state index in [9.17, 15) is 0 Å². The summed E-state index contributed by atoms with van der Waals surface area (Å²) in [6.07, 6.45) is 6.05. The first-order chi connectivity index (χ1) is 17.3. The first-order valence-electron chi connectivity index (χ1n) is 12.5. The Bertz CT molecular complexity index is 1220. The SMILES string of the molecule is C=CC(c1cnn(C(c2ccccc2)(c2ccccc2)c2ccccc2)c1)C1(C)OB(C)OC1(C)C. The highest BCUT2D eigenvalue weighted by atomic mass is 16.7. The lowest BCUT2D eigenvalue weighted by molar-refractivity contribution is -0.0199. The van der Waals surface area contributed by atoms with Gasteiger partial charge in [-0.15, -0.1) is 6.58 Å². The molecule has 0 amide bonds. The molecule has 182 valence electrons. The van der Waals surface area contributed by atoms with Crippen molar-refractivity contribution >= 4 is 7.12 Å². The number of hydrogen-bond acceptors (Lipinski definition) is 3. The van der Waals surface area contributed by atoms with E-state index in [4.69, 9.17) is 14.4 Å². The summed E-state index contributed by atoms with van der Waals surface area (Å²) >= 11 is 0. The van der Waals surface area contributed by atoms with Crippen molar-refractivity contribution in [3.05, 3.63) is 138 Å². The molecule has 2 heterocycles. The van der Waals surface area contributed by atoms with Crippen LogP contribution >= 0.6 is 0 Å². The fourth-order valence-electron chi connectivity index (χ4n) is 5.79. The van der Waals surface area contributed by atoms with E-state index >= 15 is 0 Å². The average Bonchev–Trinajstić information content (AvgIpc) is 3.44. The molecule has 1 aromatic heterocycles. The maximum atomic E-state index is 6.39. The predicted molar refractivity (Wildman–Crippen MR) is 146 cm³/mol. The predicted octanol–water partition coefficient (Wildman–Crippen LogP) is 6.70.